The molecule has 0 fully saturated rings. The van der Waals surface area contributed by atoms with Crippen molar-refractivity contribution in [3.63, 3.8) is 0 Å². The lowest BCUT2D eigenvalue weighted by Gasteiger charge is -2.13. The van der Waals surface area contributed by atoms with Crippen LogP contribution in [0, 0.1) is 0 Å². The predicted molar refractivity (Wildman–Crippen MR) is 70.4 cm³/mol. The molecule has 1 rings (SSSR count). The van der Waals surface area contributed by atoms with Crippen LogP contribution in [0.25, 0.3) is 0 Å². The summed E-state index contributed by atoms with van der Waals surface area (Å²) in [6, 6.07) is 0.750. The van der Waals surface area contributed by atoms with Gasteiger partial charge in [0.1, 0.15) is 0 Å². The Labute approximate surface area is 119 Å². The first-order valence-corrected chi connectivity index (χ1v) is 6.83. The molecule has 0 spiro atoms. The smallest absolute Gasteiger partial charge is 0.319 e. The molecule has 1 aromatic carbocycles. The van der Waals surface area contributed by atoms with E-state index >= 15 is 0 Å². The maximum atomic E-state index is 12.6. The fourth-order valence-electron chi connectivity index (χ4n) is 1.39. The summed E-state index contributed by atoms with van der Waals surface area (Å²) in [5.41, 5.74) is -0.790. The number of nitrogens with one attached hydrogen (secondary N) is 3. The Balaban J connectivity index is 3.51. The molecule has 0 aliphatic rings. The average molecular weight is 321 g/mol. The fourth-order valence-corrected chi connectivity index (χ4v) is 1.93. The molecule has 9 nitrogen and oxygen atoms in total. The van der Waals surface area contributed by atoms with Crippen molar-refractivity contribution in [2.24, 2.45) is 0 Å². The van der Waals surface area contributed by atoms with Crippen LogP contribution in [0.4, 0.5) is 20.7 Å². The Morgan fingerprint density at radius 2 is 1.76 bits per heavy atom. The number of carbonyl (C=O) groups is 2. The molecule has 21 heavy (non-hydrogen) atoms. The van der Waals surface area contributed by atoms with Crippen molar-refractivity contribution in [1.29, 1.82) is 0 Å². The van der Waals surface area contributed by atoms with Crippen LogP contribution < -0.4 is 20.9 Å². The first kappa shape index (κ1) is 16.7. The Morgan fingerprint density at radius 1 is 1.24 bits per heavy atom. The zero-order valence-corrected chi connectivity index (χ0v) is 11.7. The minimum absolute atomic E-state index is 0.383. The molecule has 0 aromatic heterocycles. The second-order valence-electron chi connectivity index (χ2n) is 3.79. The highest BCUT2D eigenvalue weighted by molar-refractivity contribution is 7.85. The maximum Gasteiger partial charge on any atom is 0.319 e. The van der Waals surface area contributed by atoms with Crippen molar-refractivity contribution in [1.82, 2.24) is 5.32 Å². The molecule has 0 bridgehead atoms. The lowest BCUT2D eigenvalue weighted by atomic mass is 10.2. The van der Waals surface area contributed by atoms with Crippen molar-refractivity contribution < 1.29 is 32.0 Å². The molecule has 0 aliphatic heterocycles. The molecule has 0 atom stereocenters. The van der Waals surface area contributed by atoms with Crippen molar-refractivity contribution in [3.8, 4) is 5.75 Å². The summed E-state index contributed by atoms with van der Waals surface area (Å²) >= 11 is 0. The van der Waals surface area contributed by atoms with Gasteiger partial charge < -0.3 is 16.0 Å². The molecule has 4 N–H and O–H groups in total. The van der Waals surface area contributed by atoms with E-state index in [2.05, 4.69) is 20.9 Å². The third-order valence-corrected chi connectivity index (χ3v) is 3.05. The third-order valence-electron chi connectivity index (χ3n) is 2.22. The van der Waals surface area contributed by atoms with Gasteiger partial charge in [-0.15, -0.1) is 0 Å². The van der Waals surface area contributed by atoms with Crippen molar-refractivity contribution in [2.45, 2.75) is 11.8 Å². The van der Waals surface area contributed by atoms with Gasteiger partial charge in [0.15, 0.2) is 0 Å². The fraction of sp³-hybridized carbons (Fsp3) is 0.200. The van der Waals surface area contributed by atoms with Crippen molar-refractivity contribution >= 4 is 33.4 Å². The minimum atomic E-state index is -4.65. The van der Waals surface area contributed by atoms with Gasteiger partial charge in [0.05, 0.1) is 16.3 Å². The summed E-state index contributed by atoms with van der Waals surface area (Å²) in [5, 5.41) is 6.37. The predicted octanol–water partition coefficient (Wildman–Crippen LogP) is 0.906. The lowest BCUT2D eigenvalue weighted by molar-refractivity contribution is -0.114. The first-order valence-electron chi connectivity index (χ1n) is 5.39. The molecule has 11 heteroatoms. The van der Waals surface area contributed by atoms with Crippen molar-refractivity contribution in [2.75, 3.05) is 17.7 Å². The lowest BCUT2D eigenvalue weighted by Crippen LogP contribution is -2.25. The van der Waals surface area contributed by atoms with Crippen LogP contribution in [0.1, 0.15) is 6.92 Å². The number of urea groups is 1. The summed E-state index contributed by atoms with van der Waals surface area (Å²) in [6.45, 7) is 1.09. The van der Waals surface area contributed by atoms with Gasteiger partial charge in [-0.25, -0.2) is 4.79 Å². The monoisotopic (exact) mass is 321 g/mol. The number of rotatable bonds is 4. The molecule has 0 aliphatic carbocycles. The summed E-state index contributed by atoms with van der Waals surface area (Å²) < 4.78 is 44.0. The van der Waals surface area contributed by atoms with E-state index in [4.69, 9.17) is 4.55 Å². The SMILES string of the molecule is CNC(=O)Nc1cc(S(=O)(=O)O)cc(NC(C)=O)c1OF. The first-order chi connectivity index (χ1) is 9.68. The summed E-state index contributed by atoms with van der Waals surface area (Å²) in [4.78, 5) is 25.2. The van der Waals surface area contributed by atoms with E-state index in [1.807, 2.05) is 0 Å². The third kappa shape index (κ3) is 4.29. The molecular formula is C10H12FN3O6S. The van der Waals surface area contributed by atoms with E-state index in [0.717, 1.165) is 19.1 Å². The molecule has 1 aromatic rings. The highest BCUT2D eigenvalue weighted by atomic mass is 32.2. The van der Waals surface area contributed by atoms with Gasteiger partial charge in [-0.1, -0.05) is 0 Å². The number of hydrogen-bond acceptors (Lipinski definition) is 5. The summed E-state index contributed by atoms with van der Waals surface area (Å²) in [6.07, 6.45) is 0. The molecule has 0 radical (unpaired) electrons. The highest BCUT2D eigenvalue weighted by Gasteiger charge is 2.21. The largest absolute Gasteiger partial charge is 0.341 e. The number of benzene rings is 1. The standard InChI is InChI=1S/C10H12FN3O6S/c1-5(15)13-7-3-6(21(17,18)19)4-8(9(7)20-11)14-10(16)12-2/h3-4H,1-2H3,(H,13,15)(H2,12,14,16)(H,17,18,19). The zero-order chi connectivity index (χ0) is 16.2. The highest BCUT2D eigenvalue weighted by Crippen LogP contribution is 2.36. The van der Waals surface area contributed by atoms with Gasteiger partial charge in [0.2, 0.25) is 11.7 Å². The summed E-state index contributed by atoms with van der Waals surface area (Å²) in [7, 11) is -3.38. The number of amides is 3. The maximum absolute atomic E-state index is 12.6. The van der Waals surface area contributed by atoms with Crippen LogP contribution in [-0.4, -0.2) is 32.0 Å². The molecule has 0 heterocycles. The van der Waals surface area contributed by atoms with E-state index in [0.29, 0.717) is 0 Å². The number of halogens is 1. The normalized spacial score (nSPS) is 10.7. The van der Waals surface area contributed by atoms with Gasteiger partial charge in [0, 0.05) is 18.5 Å². The van der Waals surface area contributed by atoms with Crippen molar-refractivity contribution in [3.05, 3.63) is 12.1 Å². The number of hydrogen-bond donors (Lipinski definition) is 4. The Hall–Kier alpha value is -2.40. The van der Waals surface area contributed by atoms with E-state index in [-0.39, 0.29) is 5.69 Å². The quantitative estimate of drug-likeness (QED) is 0.609. The second-order valence-corrected chi connectivity index (χ2v) is 5.21. The second kappa shape index (κ2) is 6.37. The van der Waals surface area contributed by atoms with Gasteiger partial charge in [-0.05, 0) is 12.1 Å². The Morgan fingerprint density at radius 3 is 2.14 bits per heavy atom. The van der Waals surface area contributed by atoms with Gasteiger partial charge >= 0.3 is 6.03 Å². The topological polar surface area (TPSA) is 134 Å². The van der Waals surface area contributed by atoms with E-state index in [9.17, 15) is 22.5 Å². The number of anilines is 2. The van der Waals surface area contributed by atoms with Crippen LogP contribution >= 0.6 is 0 Å². The molecule has 3 amide bonds. The molecule has 0 saturated carbocycles. The Bertz CT molecular complexity index is 676. The average Bonchev–Trinajstić information content (AvgIpc) is 2.36. The molecule has 0 saturated heterocycles. The van der Waals surface area contributed by atoms with Crippen LogP contribution in [0.15, 0.2) is 17.0 Å². The van der Waals surface area contributed by atoms with Crippen LogP contribution in [0.2, 0.25) is 0 Å². The van der Waals surface area contributed by atoms with Gasteiger partial charge in [-0.2, -0.15) is 8.42 Å². The number of carbonyl (C=O) groups excluding carboxylic acids is 2. The molecule has 0 unspecified atom stereocenters. The summed E-state index contributed by atoms with van der Waals surface area (Å²) in [5.74, 6) is -1.27. The van der Waals surface area contributed by atoms with E-state index in [1.165, 1.54) is 7.05 Å². The molecule has 116 valence electrons. The minimum Gasteiger partial charge on any atom is -0.341 e. The van der Waals surface area contributed by atoms with Crippen LogP contribution in [0.5, 0.6) is 5.75 Å². The van der Waals surface area contributed by atoms with E-state index < -0.39 is 38.4 Å². The van der Waals surface area contributed by atoms with E-state index in [1.54, 1.807) is 0 Å². The molecular weight excluding hydrogens is 309 g/mol. The van der Waals surface area contributed by atoms with Gasteiger partial charge in [0.25, 0.3) is 10.1 Å². The van der Waals surface area contributed by atoms with Gasteiger partial charge in [-0.3, -0.25) is 14.3 Å². The van der Waals surface area contributed by atoms with Crippen LogP contribution in [-0.2, 0) is 14.9 Å². The zero-order valence-electron chi connectivity index (χ0n) is 10.9. The Kier molecular flexibility index (Phi) is 5.05. The van der Waals surface area contributed by atoms with Crippen LogP contribution in [0.3, 0.4) is 0 Å².